The van der Waals surface area contributed by atoms with Crippen LogP contribution in [-0.4, -0.2) is 71.1 Å². The fourth-order valence-electron chi connectivity index (χ4n) is 4.87. The fraction of sp³-hybridized carbons (Fsp3) is 0.483. The molecule has 0 bridgehead atoms. The van der Waals surface area contributed by atoms with E-state index in [-0.39, 0.29) is 5.92 Å². The molecule has 1 amide bonds. The molecule has 0 spiro atoms. The number of hydrogen-bond acceptors (Lipinski definition) is 6. The number of hydrogen-bond donors (Lipinski definition) is 2. The van der Waals surface area contributed by atoms with Crippen molar-refractivity contribution < 1.29 is 34.1 Å². The molecule has 1 unspecified atom stereocenters. The third kappa shape index (κ3) is 9.06. The molecule has 38 heavy (non-hydrogen) atoms. The summed E-state index contributed by atoms with van der Waals surface area (Å²) in [5.74, 6) is -1.62. The molecule has 1 atom stereocenters. The van der Waals surface area contributed by atoms with Gasteiger partial charge in [0.15, 0.2) is 11.5 Å². The Hall–Kier alpha value is -3.59. The molecule has 2 heterocycles. The van der Waals surface area contributed by atoms with Gasteiger partial charge in [0.05, 0.1) is 13.0 Å². The molecular weight excluding hydrogens is 488 g/mol. The van der Waals surface area contributed by atoms with Crippen LogP contribution in [0.15, 0.2) is 48.5 Å². The van der Waals surface area contributed by atoms with E-state index in [4.69, 9.17) is 29.3 Å². The predicted molar refractivity (Wildman–Crippen MR) is 142 cm³/mol. The van der Waals surface area contributed by atoms with Gasteiger partial charge in [0.1, 0.15) is 6.61 Å². The highest BCUT2D eigenvalue weighted by Crippen LogP contribution is 2.30. The van der Waals surface area contributed by atoms with Crippen molar-refractivity contribution in [2.24, 2.45) is 5.92 Å². The van der Waals surface area contributed by atoms with Crippen LogP contribution in [0.4, 0.5) is 0 Å². The number of carbonyl (C=O) groups excluding carboxylic acids is 1. The van der Waals surface area contributed by atoms with E-state index >= 15 is 0 Å². The second-order valence-corrected chi connectivity index (χ2v) is 9.68. The number of benzene rings is 2. The van der Waals surface area contributed by atoms with Gasteiger partial charge in [0.25, 0.3) is 0 Å². The molecule has 206 valence electrons. The largest absolute Gasteiger partial charge is 0.493 e. The molecule has 9 heteroatoms. The number of nitrogens with zero attached hydrogens (tertiary/aromatic N) is 2. The summed E-state index contributed by atoms with van der Waals surface area (Å²) in [5.41, 5.74) is 2.32. The van der Waals surface area contributed by atoms with Crippen LogP contribution in [-0.2, 0) is 27.5 Å². The molecule has 0 radical (unpaired) electrons. The standard InChI is InChI=1S/C27H36N2O3.C2H2O4/c1-31-26-18-23(13-14-25(26)32-21-22-10-5-4-6-11-22)19-28-15-9-12-24(20-28)27(30)29-16-7-2-3-8-17-29;3-1(4)2(5)6/h4-6,10-11,13-14,18,24H,2-3,7-9,12,15-17,19-21H2,1H3;(H,3,4)(H,5,6). The van der Waals surface area contributed by atoms with E-state index < -0.39 is 11.9 Å². The molecule has 2 saturated heterocycles. The van der Waals surface area contributed by atoms with Gasteiger partial charge in [-0.3, -0.25) is 9.69 Å². The molecule has 2 aliphatic heterocycles. The molecule has 2 N–H and O–H groups in total. The van der Waals surface area contributed by atoms with E-state index in [1.807, 2.05) is 24.3 Å². The summed E-state index contributed by atoms with van der Waals surface area (Å²) in [6, 6.07) is 16.3. The zero-order valence-corrected chi connectivity index (χ0v) is 22.0. The van der Waals surface area contributed by atoms with Crippen LogP contribution in [0.25, 0.3) is 0 Å². The smallest absolute Gasteiger partial charge is 0.414 e. The number of carboxylic acids is 2. The van der Waals surface area contributed by atoms with Crippen LogP contribution in [0.5, 0.6) is 11.5 Å². The lowest BCUT2D eigenvalue weighted by Gasteiger charge is -2.35. The van der Waals surface area contributed by atoms with Crippen molar-refractivity contribution >= 4 is 17.8 Å². The number of rotatable bonds is 7. The van der Waals surface area contributed by atoms with Gasteiger partial charge < -0.3 is 24.6 Å². The average molecular weight is 527 g/mol. The van der Waals surface area contributed by atoms with Gasteiger partial charge in [-0.25, -0.2) is 9.59 Å². The number of carbonyl (C=O) groups is 3. The summed E-state index contributed by atoms with van der Waals surface area (Å²) >= 11 is 0. The van der Waals surface area contributed by atoms with E-state index in [0.29, 0.717) is 12.5 Å². The molecule has 0 aromatic heterocycles. The summed E-state index contributed by atoms with van der Waals surface area (Å²) in [6.45, 7) is 5.12. The first-order valence-electron chi connectivity index (χ1n) is 13.2. The van der Waals surface area contributed by atoms with Crippen LogP contribution in [0, 0.1) is 5.92 Å². The van der Waals surface area contributed by atoms with Crippen molar-refractivity contribution in [2.45, 2.75) is 51.7 Å². The fourth-order valence-corrected chi connectivity index (χ4v) is 4.87. The Balaban J connectivity index is 0.000000599. The maximum absolute atomic E-state index is 13.1. The lowest BCUT2D eigenvalue weighted by Crippen LogP contribution is -2.44. The second-order valence-electron chi connectivity index (χ2n) is 9.68. The van der Waals surface area contributed by atoms with Gasteiger partial charge in [-0.1, -0.05) is 49.2 Å². The number of piperidine rings is 1. The molecule has 2 aromatic rings. The number of carboxylic acid groups (broad SMARTS) is 2. The van der Waals surface area contributed by atoms with E-state index in [1.165, 1.54) is 18.4 Å². The Morgan fingerprint density at radius 2 is 1.53 bits per heavy atom. The number of aliphatic carboxylic acids is 2. The summed E-state index contributed by atoms with van der Waals surface area (Å²) in [7, 11) is 1.69. The van der Waals surface area contributed by atoms with E-state index in [0.717, 1.165) is 75.5 Å². The van der Waals surface area contributed by atoms with Gasteiger partial charge in [0, 0.05) is 26.2 Å². The van der Waals surface area contributed by atoms with Crippen LogP contribution in [0.1, 0.15) is 49.7 Å². The van der Waals surface area contributed by atoms with Crippen molar-refractivity contribution in [1.82, 2.24) is 9.80 Å². The zero-order chi connectivity index (χ0) is 27.3. The highest BCUT2D eigenvalue weighted by molar-refractivity contribution is 6.27. The molecule has 2 aliphatic rings. The number of amides is 1. The Bertz CT molecular complexity index is 1040. The quantitative estimate of drug-likeness (QED) is 0.519. The van der Waals surface area contributed by atoms with Crippen molar-refractivity contribution in [2.75, 3.05) is 33.3 Å². The second kappa shape index (κ2) is 15.0. The van der Waals surface area contributed by atoms with Gasteiger partial charge in [-0.2, -0.15) is 0 Å². The third-order valence-electron chi connectivity index (χ3n) is 6.83. The van der Waals surface area contributed by atoms with Crippen molar-refractivity contribution in [3.05, 3.63) is 59.7 Å². The van der Waals surface area contributed by atoms with Crippen LogP contribution >= 0.6 is 0 Å². The topological polar surface area (TPSA) is 117 Å². The van der Waals surface area contributed by atoms with Crippen molar-refractivity contribution in [3.63, 3.8) is 0 Å². The van der Waals surface area contributed by atoms with E-state index in [2.05, 4.69) is 34.1 Å². The SMILES string of the molecule is COc1cc(CN2CCCC(C(=O)N3CCCCCC3)C2)ccc1OCc1ccccc1.O=C(O)C(=O)O. The molecule has 0 saturated carbocycles. The number of likely N-dealkylation sites (tertiary alicyclic amines) is 2. The van der Waals surface area contributed by atoms with Gasteiger partial charge in [-0.05, 0) is 55.5 Å². The maximum atomic E-state index is 13.1. The Labute approximate surface area is 224 Å². The van der Waals surface area contributed by atoms with E-state index in [9.17, 15) is 4.79 Å². The molecule has 4 rings (SSSR count). The van der Waals surface area contributed by atoms with Crippen molar-refractivity contribution in [1.29, 1.82) is 0 Å². The first-order chi connectivity index (χ1) is 18.4. The van der Waals surface area contributed by atoms with Crippen LogP contribution in [0.2, 0.25) is 0 Å². The summed E-state index contributed by atoms with van der Waals surface area (Å²) in [6.07, 6.45) is 6.92. The monoisotopic (exact) mass is 526 g/mol. The molecule has 0 aliphatic carbocycles. The Morgan fingerprint density at radius 3 is 2.16 bits per heavy atom. The highest BCUT2D eigenvalue weighted by atomic mass is 16.5. The van der Waals surface area contributed by atoms with Crippen LogP contribution in [0.3, 0.4) is 0 Å². The number of ether oxygens (including phenoxy) is 2. The normalized spacial score (nSPS) is 17.9. The average Bonchev–Trinajstić information content (AvgIpc) is 3.22. The Kier molecular flexibility index (Phi) is 11.4. The summed E-state index contributed by atoms with van der Waals surface area (Å²) < 4.78 is 11.6. The molecule has 2 aromatic carbocycles. The molecular formula is C29H38N2O7. The lowest BCUT2D eigenvalue weighted by molar-refractivity contribution is -0.159. The minimum absolute atomic E-state index is 0.136. The summed E-state index contributed by atoms with van der Waals surface area (Å²) in [4.78, 5) is 35.8. The van der Waals surface area contributed by atoms with Gasteiger partial charge in [-0.15, -0.1) is 0 Å². The molecule has 2 fully saturated rings. The van der Waals surface area contributed by atoms with Gasteiger partial charge >= 0.3 is 11.9 Å². The highest BCUT2D eigenvalue weighted by Gasteiger charge is 2.29. The first-order valence-corrected chi connectivity index (χ1v) is 13.2. The predicted octanol–water partition coefficient (Wildman–Crippen LogP) is 4.04. The minimum atomic E-state index is -1.82. The lowest BCUT2D eigenvalue weighted by atomic mass is 9.96. The third-order valence-corrected chi connectivity index (χ3v) is 6.83. The first kappa shape index (κ1) is 29.0. The Morgan fingerprint density at radius 1 is 0.842 bits per heavy atom. The zero-order valence-electron chi connectivity index (χ0n) is 22.0. The van der Waals surface area contributed by atoms with Crippen molar-refractivity contribution in [3.8, 4) is 11.5 Å². The van der Waals surface area contributed by atoms with E-state index in [1.54, 1.807) is 7.11 Å². The van der Waals surface area contributed by atoms with Crippen LogP contribution < -0.4 is 9.47 Å². The maximum Gasteiger partial charge on any atom is 0.414 e. The minimum Gasteiger partial charge on any atom is -0.493 e. The summed E-state index contributed by atoms with van der Waals surface area (Å²) in [5, 5.41) is 14.8. The van der Waals surface area contributed by atoms with Gasteiger partial charge in [0.2, 0.25) is 5.91 Å². The molecule has 9 nitrogen and oxygen atoms in total. The number of methoxy groups -OCH3 is 1.